The summed E-state index contributed by atoms with van der Waals surface area (Å²) in [6, 6.07) is 12.0. The quantitative estimate of drug-likeness (QED) is 0.448. The van der Waals surface area contributed by atoms with Gasteiger partial charge < -0.3 is 4.98 Å². The SMILES string of the molecule is O=Nc1cccc(C(=O)c2c[nH]c3ncc(-c4cccnc4)cc23)c1. The minimum Gasteiger partial charge on any atom is -0.345 e. The van der Waals surface area contributed by atoms with E-state index in [2.05, 4.69) is 20.1 Å². The van der Waals surface area contributed by atoms with E-state index >= 15 is 0 Å². The molecule has 0 saturated carbocycles. The van der Waals surface area contributed by atoms with Crippen LogP contribution in [-0.4, -0.2) is 20.7 Å². The number of H-pyrrole nitrogens is 1. The van der Waals surface area contributed by atoms with Crippen LogP contribution in [0.5, 0.6) is 0 Å². The monoisotopic (exact) mass is 328 g/mol. The lowest BCUT2D eigenvalue weighted by Crippen LogP contribution is -2.00. The van der Waals surface area contributed by atoms with E-state index < -0.39 is 0 Å². The van der Waals surface area contributed by atoms with Crippen molar-refractivity contribution >= 4 is 22.5 Å². The molecule has 0 saturated heterocycles. The number of rotatable bonds is 4. The smallest absolute Gasteiger partial charge is 0.195 e. The zero-order chi connectivity index (χ0) is 17.2. The van der Waals surface area contributed by atoms with E-state index in [1.807, 2.05) is 18.2 Å². The molecule has 0 radical (unpaired) electrons. The number of benzene rings is 1. The molecule has 3 heterocycles. The van der Waals surface area contributed by atoms with Gasteiger partial charge in [0.2, 0.25) is 0 Å². The molecule has 0 spiro atoms. The Morgan fingerprint density at radius 3 is 2.76 bits per heavy atom. The van der Waals surface area contributed by atoms with E-state index in [9.17, 15) is 9.70 Å². The van der Waals surface area contributed by atoms with Gasteiger partial charge >= 0.3 is 0 Å². The van der Waals surface area contributed by atoms with Crippen LogP contribution in [0.2, 0.25) is 0 Å². The van der Waals surface area contributed by atoms with Gasteiger partial charge in [0.15, 0.2) is 5.78 Å². The van der Waals surface area contributed by atoms with Gasteiger partial charge in [-0.1, -0.05) is 18.2 Å². The number of nitroso groups, excluding NO2 is 1. The van der Waals surface area contributed by atoms with Crippen LogP contribution < -0.4 is 0 Å². The molecule has 0 aliphatic rings. The Labute approximate surface area is 142 Å². The van der Waals surface area contributed by atoms with Crippen molar-refractivity contribution in [3.63, 3.8) is 0 Å². The molecule has 4 rings (SSSR count). The van der Waals surface area contributed by atoms with Crippen molar-refractivity contribution in [1.29, 1.82) is 0 Å². The van der Waals surface area contributed by atoms with E-state index in [1.165, 1.54) is 6.07 Å². The molecule has 0 fully saturated rings. The zero-order valence-electron chi connectivity index (χ0n) is 13.0. The Morgan fingerprint density at radius 1 is 1.04 bits per heavy atom. The topological polar surface area (TPSA) is 88.1 Å². The first-order chi connectivity index (χ1) is 12.3. The van der Waals surface area contributed by atoms with Crippen LogP contribution in [0.4, 0.5) is 5.69 Å². The number of carbonyl (C=O) groups is 1. The van der Waals surface area contributed by atoms with Crippen LogP contribution >= 0.6 is 0 Å². The standard InChI is InChI=1S/C19H12N4O2/c24-18(12-3-1-5-15(7-12)23-25)17-11-22-19-16(17)8-14(10-21-19)13-4-2-6-20-9-13/h1-11H,(H,21,22). The average molecular weight is 328 g/mol. The molecule has 25 heavy (non-hydrogen) atoms. The van der Waals surface area contributed by atoms with Crippen LogP contribution in [0.15, 0.2) is 72.4 Å². The second-order valence-corrected chi connectivity index (χ2v) is 5.53. The normalized spacial score (nSPS) is 10.7. The summed E-state index contributed by atoms with van der Waals surface area (Å²) in [7, 11) is 0. The molecule has 120 valence electrons. The van der Waals surface area contributed by atoms with Crippen molar-refractivity contribution in [3.05, 3.63) is 83.3 Å². The summed E-state index contributed by atoms with van der Waals surface area (Å²) in [5, 5.41) is 3.60. The van der Waals surface area contributed by atoms with Gasteiger partial charge in [-0.2, -0.15) is 0 Å². The second kappa shape index (κ2) is 6.09. The van der Waals surface area contributed by atoms with Crippen molar-refractivity contribution in [3.8, 4) is 11.1 Å². The molecular weight excluding hydrogens is 316 g/mol. The van der Waals surface area contributed by atoms with Crippen molar-refractivity contribution < 1.29 is 4.79 Å². The molecule has 4 aromatic rings. The third-order valence-electron chi connectivity index (χ3n) is 3.98. The van der Waals surface area contributed by atoms with E-state index in [4.69, 9.17) is 0 Å². The number of fused-ring (bicyclic) bond motifs is 1. The number of pyridine rings is 2. The lowest BCUT2D eigenvalue weighted by Gasteiger charge is -2.03. The number of hydrogen-bond acceptors (Lipinski definition) is 5. The lowest BCUT2D eigenvalue weighted by atomic mass is 10.0. The molecule has 3 aromatic heterocycles. The van der Waals surface area contributed by atoms with Crippen molar-refractivity contribution in [2.24, 2.45) is 5.18 Å². The largest absolute Gasteiger partial charge is 0.345 e. The molecule has 6 heteroatoms. The summed E-state index contributed by atoms with van der Waals surface area (Å²) < 4.78 is 0. The van der Waals surface area contributed by atoms with Crippen LogP contribution in [0.25, 0.3) is 22.2 Å². The zero-order valence-corrected chi connectivity index (χ0v) is 13.0. The number of hydrogen-bond donors (Lipinski definition) is 1. The number of ketones is 1. The van der Waals surface area contributed by atoms with Crippen LogP contribution in [0.3, 0.4) is 0 Å². The number of carbonyl (C=O) groups excluding carboxylic acids is 1. The maximum atomic E-state index is 12.8. The Kier molecular flexibility index (Phi) is 3.63. The fourth-order valence-electron chi connectivity index (χ4n) is 2.74. The Balaban J connectivity index is 1.82. The maximum absolute atomic E-state index is 12.8. The summed E-state index contributed by atoms with van der Waals surface area (Å²) in [5.74, 6) is -0.193. The molecule has 6 nitrogen and oxygen atoms in total. The Hall–Kier alpha value is -3.67. The highest BCUT2D eigenvalue weighted by atomic mass is 16.3. The second-order valence-electron chi connectivity index (χ2n) is 5.53. The number of nitrogens with one attached hydrogen (secondary N) is 1. The van der Waals surface area contributed by atoms with E-state index in [-0.39, 0.29) is 11.5 Å². The van der Waals surface area contributed by atoms with E-state index in [0.717, 1.165) is 16.5 Å². The third kappa shape index (κ3) is 2.70. The van der Waals surface area contributed by atoms with Gasteiger partial charge in [-0.25, -0.2) is 4.98 Å². The summed E-state index contributed by atoms with van der Waals surface area (Å²) in [5.41, 5.74) is 3.54. The molecule has 0 bridgehead atoms. The minimum absolute atomic E-state index is 0.193. The van der Waals surface area contributed by atoms with Crippen LogP contribution in [0, 0.1) is 4.91 Å². The number of nitrogens with zero attached hydrogens (tertiary/aromatic N) is 3. The minimum atomic E-state index is -0.193. The molecule has 1 N–H and O–H groups in total. The first kappa shape index (κ1) is 14.9. The molecule has 0 aliphatic heterocycles. The van der Waals surface area contributed by atoms with Crippen LogP contribution in [-0.2, 0) is 0 Å². The molecule has 0 atom stereocenters. The fraction of sp³-hybridized carbons (Fsp3) is 0. The summed E-state index contributed by atoms with van der Waals surface area (Å²) >= 11 is 0. The molecule has 1 aromatic carbocycles. The van der Waals surface area contributed by atoms with Gasteiger partial charge in [0.25, 0.3) is 0 Å². The number of aromatic nitrogens is 3. The Bertz CT molecular complexity index is 1090. The van der Waals surface area contributed by atoms with Crippen molar-refractivity contribution in [2.45, 2.75) is 0 Å². The summed E-state index contributed by atoms with van der Waals surface area (Å²) in [6.45, 7) is 0. The first-order valence-electron chi connectivity index (χ1n) is 7.62. The molecule has 0 amide bonds. The van der Waals surface area contributed by atoms with E-state index in [1.54, 1.807) is 43.0 Å². The molecule has 0 unspecified atom stereocenters. The highest BCUT2D eigenvalue weighted by Gasteiger charge is 2.16. The summed E-state index contributed by atoms with van der Waals surface area (Å²) in [4.78, 5) is 35.0. The van der Waals surface area contributed by atoms with Gasteiger partial charge in [0, 0.05) is 52.4 Å². The highest BCUT2D eigenvalue weighted by Crippen LogP contribution is 2.26. The lowest BCUT2D eigenvalue weighted by molar-refractivity contribution is 0.104. The maximum Gasteiger partial charge on any atom is 0.195 e. The van der Waals surface area contributed by atoms with Gasteiger partial charge in [0.05, 0.1) is 0 Å². The fourth-order valence-corrected chi connectivity index (χ4v) is 2.74. The molecule has 0 aliphatic carbocycles. The van der Waals surface area contributed by atoms with Crippen molar-refractivity contribution in [1.82, 2.24) is 15.0 Å². The predicted octanol–water partition coefficient (Wildman–Crippen LogP) is 4.25. The van der Waals surface area contributed by atoms with Gasteiger partial charge in [-0.15, -0.1) is 4.91 Å². The van der Waals surface area contributed by atoms with Gasteiger partial charge in [0.1, 0.15) is 11.3 Å². The first-order valence-corrected chi connectivity index (χ1v) is 7.62. The Morgan fingerprint density at radius 2 is 1.96 bits per heavy atom. The van der Waals surface area contributed by atoms with Crippen LogP contribution in [0.1, 0.15) is 15.9 Å². The van der Waals surface area contributed by atoms with Gasteiger partial charge in [-0.05, 0) is 29.4 Å². The van der Waals surface area contributed by atoms with E-state index in [0.29, 0.717) is 16.8 Å². The highest BCUT2D eigenvalue weighted by molar-refractivity contribution is 6.16. The van der Waals surface area contributed by atoms with Crippen molar-refractivity contribution in [2.75, 3.05) is 0 Å². The predicted molar refractivity (Wildman–Crippen MR) is 94.7 cm³/mol. The average Bonchev–Trinajstić information content (AvgIpc) is 3.11. The number of aromatic amines is 1. The van der Waals surface area contributed by atoms with Gasteiger partial charge in [-0.3, -0.25) is 9.78 Å². The molecular formula is C19H12N4O2. The summed E-state index contributed by atoms with van der Waals surface area (Å²) in [6.07, 6.45) is 6.82. The third-order valence-corrected chi connectivity index (χ3v) is 3.98.